The van der Waals surface area contributed by atoms with Crippen LogP contribution in [0.5, 0.6) is 34.5 Å². The molecule has 0 unspecified atom stereocenters. The summed E-state index contributed by atoms with van der Waals surface area (Å²) in [6.07, 6.45) is 8.95. The van der Waals surface area contributed by atoms with E-state index in [2.05, 4.69) is 72.7 Å². The quantitative estimate of drug-likeness (QED) is 0.0475. The molecule has 6 aromatic heterocycles. The number of anilines is 3. The van der Waals surface area contributed by atoms with Crippen molar-refractivity contribution in [1.29, 1.82) is 0 Å². The van der Waals surface area contributed by atoms with E-state index < -0.39 is 0 Å². The third-order valence-corrected chi connectivity index (χ3v) is 16.2. The second-order valence-corrected chi connectivity index (χ2v) is 21.8. The van der Waals surface area contributed by atoms with E-state index >= 15 is 0 Å². The van der Waals surface area contributed by atoms with Gasteiger partial charge < -0.3 is 54.8 Å². The average Bonchev–Trinajstić information content (AvgIpc) is 1.94. The van der Waals surface area contributed by atoms with Gasteiger partial charge >= 0.3 is 0 Å². The molecule has 2 aliphatic heterocycles. The Hall–Kier alpha value is -8.94. The first kappa shape index (κ1) is 63.1. The van der Waals surface area contributed by atoms with Crippen LogP contribution in [-0.2, 0) is 32.3 Å². The fourth-order valence-corrected chi connectivity index (χ4v) is 12.0. The zero-order valence-corrected chi connectivity index (χ0v) is 51.6. The molecule has 9 aromatic rings. The van der Waals surface area contributed by atoms with Gasteiger partial charge in [-0.1, -0.05) is 22.5 Å². The van der Waals surface area contributed by atoms with E-state index in [0.29, 0.717) is 119 Å². The van der Waals surface area contributed by atoms with Crippen molar-refractivity contribution in [1.82, 2.24) is 68.8 Å². The molecule has 8 heterocycles. The number of amides is 4. The van der Waals surface area contributed by atoms with Crippen LogP contribution in [0.1, 0.15) is 38.5 Å². The fourth-order valence-electron chi connectivity index (χ4n) is 8.48. The van der Waals surface area contributed by atoms with Gasteiger partial charge in [-0.15, -0.1) is 0 Å². The lowest BCUT2D eigenvalue weighted by Crippen LogP contribution is -2.41. The molecule has 0 saturated carbocycles. The zero-order chi connectivity index (χ0) is 61.4. The number of hydrogen-bond donors (Lipinski definition) is 4. The molecule has 450 valence electrons. The summed E-state index contributed by atoms with van der Waals surface area (Å²) in [5.41, 5.74) is 21.3. The number of likely N-dealkylation sites (tertiary alicyclic amines) is 1. The molecule has 11 rings (SSSR count). The number of aromatic nitrogens is 12. The number of benzene rings is 3. The maximum absolute atomic E-state index is 12.2. The van der Waals surface area contributed by atoms with Gasteiger partial charge in [-0.3, -0.25) is 34.0 Å². The molecular weight excluding hydrogens is 1230 g/mol. The number of imidazole rings is 3. The normalized spacial score (nSPS) is 13.0. The van der Waals surface area contributed by atoms with Crippen LogP contribution >= 0.6 is 51.2 Å². The van der Waals surface area contributed by atoms with Crippen molar-refractivity contribution in [2.75, 3.05) is 71.7 Å². The fraction of sp³-hybridized carbons (Fsp3) is 0.291. The van der Waals surface area contributed by atoms with E-state index in [4.69, 9.17) is 45.6 Å². The van der Waals surface area contributed by atoms with Gasteiger partial charge in [-0.2, -0.15) is 0 Å². The van der Waals surface area contributed by atoms with Crippen LogP contribution < -0.4 is 50.9 Å². The molecule has 31 heteroatoms. The molecule has 4 amide bonds. The predicted octanol–water partition coefficient (Wildman–Crippen LogP) is 7.58. The van der Waals surface area contributed by atoms with Gasteiger partial charge in [0, 0.05) is 56.8 Å². The second-order valence-electron chi connectivity index (χ2n) is 18.0. The van der Waals surface area contributed by atoms with Gasteiger partial charge in [-0.25, -0.2) is 44.9 Å². The zero-order valence-electron chi connectivity index (χ0n) is 47.5. The number of alkyl halides is 1. The summed E-state index contributed by atoms with van der Waals surface area (Å²) in [6, 6.07) is 16.7. The summed E-state index contributed by atoms with van der Waals surface area (Å²) < 4.78 is 37.8. The van der Waals surface area contributed by atoms with Crippen molar-refractivity contribution < 1.29 is 47.6 Å². The van der Waals surface area contributed by atoms with Crippen LogP contribution in [0.25, 0.3) is 39.7 Å². The summed E-state index contributed by atoms with van der Waals surface area (Å²) in [5.74, 6) is 4.65. The molecule has 2 aliphatic rings. The van der Waals surface area contributed by atoms with E-state index in [1.807, 2.05) is 63.7 Å². The molecule has 7 N–H and O–H groups in total. The lowest BCUT2D eigenvalue weighted by Gasteiger charge is -2.25. The van der Waals surface area contributed by atoms with E-state index in [1.165, 1.54) is 59.2 Å². The Kier molecular flexibility index (Phi) is 21.8. The molecule has 0 aliphatic carbocycles. The molecule has 86 heavy (non-hydrogen) atoms. The predicted molar refractivity (Wildman–Crippen MR) is 328 cm³/mol. The van der Waals surface area contributed by atoms with Crippen LogP contribution in [0.3, 0.4) is 0 Å². The van der Waals surface area contributed by atoms with Gasteiger partial charge in [0.25, 0.3) is 0 Å². The number of halogens is 1. The number of rotatable bonds is 18. The first-order chi connectivity index (χ1) is 41.6. The standard InChI is InChI=1S/C20H22N6O4S.C15H16BrN5O2S.C15H15N5O2S.C5H7NO2/c1-29-12-6-7-13(30-2)14(10-12)31-20-24-17-18(21)22-11-23-19(17)26(20)9-8-25-15(27)4-3-5-16(25)28;1-22-9-3-4-10(23-2)11(7-9)24-15-20-12-13(17)18-8-19-14(12)21(15)6-5-16;1-4-20-14-12(13(16)17-8-18-14)19-15(20)23-11-7-9(21-2)5-6-10(11)22-3;7-4-2-1-3-5(8)6-4/h6-7,10-11H,3-5,8-9H2,1-2H3,(H2,21,22,23);3-4,7-8H,5-6H2,1-2H3,(H2,17,18,19);4-8H,1H2,2-3H3,(H2,16,17,18);1-3H2,(H,6,7,8). The molecule has 27 nitrogen and oxygen atoms in total. The van der Waals surface area contributed by atoms with Crippen molar-refractivity contribution in [3.63, 3.8) is 0 Å². The Balaban J connectivity index is 0.000000159. The number of piperidine rings is 2. The molecule has 2 fully saturated rings. The number of methoxy groups -OCH3 is 6. The molecule has 0 spiro atoms. The minimum absolute atomic E-state index is 0.138. The van der Waals surface area contributed by atoms with Crippen molar-refractivity contribution >= 4 is 132 Å². The number of aryl methyl sites for hydroxylation is 1. The lowest BCUT2D eigenvalue weighted by atomic mass is 10.1. The van der Waals surface area contributed by atoms with Gasteiger partial charge in [0.15, 0.2) is 66.4 Å². The van der Waals surface area contributed by atoms with E-state index in [-0.39, 0.29) is 36.0 Å². The van der Waals surface area contributed by atoms with Crippen molar-refractivity contribution in [2.45, 2.75) is 81.8 Å². The van der Waals surface area contributed by atoms with Gasteiger partial charge in [0.2, 0.25) is 23.6 Å². The summed E-state index contributed by atoms with van der Waals surface area (Å²) in [6.45, 7) is 5.09. The molecule has 3 aromatic carbocycles. The number of nitrogen functional groups attached to an aromatic ring is 3. The van der Waals surface area contributed by atoms with Crippen LogP contribution in [0.2, 0.25) is 0 Å². The van der Waals surface area contributed by atoms with Gasteiger partial charge in [0.05, 0.1) is 57.3 Å². The maximum Gasteiger partial charge on any atom is 0.229 e. The lowest BCUT2D eigenvalue weighted by molar-refractivity contribution is -0.148. The highest BCUT2D eigenvalue weighted by atomic mass is 79.9. The number of carbonyl (C=O) groups is 4. The maximum atomic E-state index is 12.2. The van der Waals surface area contributed by atoms with E-state index in [0.717, 1.165) is 48.2 Å². The number of ether oxygens (including phenoxy) is 6. The highest BCUT2D eigenvalue weighted by Gasteiger charge is 2.27. The van der Waals surface area contributed by atoms with Gasteiger partial charge in [0.1, 0.15) is 53.5 Å². The molecule has 2 saturated heterocycles. The van der Waals surface area contributed by atoms with E-state index in [1.54, 1.807) is 53.4 Å². The number of imide groups is 2. The largest absolute Gasteiger partial charge is 0.497 e. The summed E-state index contributed by atoms with van der Waals surface area (Å²) in [5, 5.41) is 4.99. The highest BCUT2D eigenvalue weighted by Crippen LogP contribution is 2.41. The number of carbonyl (C=O) groups excluding carboxylic acids is 4. The monoisotopic (exact) mass is 1290 g/mol. The number of fused-ring (bicyclic) bond motifs is 3. The Morgan fingerprint density at radius 2 is 0.907 bits per heavy atom. The first-order valence-electron chi connectivity index (χ1n) is 26.1. The first-order valence-corrected chi connectivity index (χ1v) is 29.7. The Morgan fingerprint density at radius 3 is 1.29 bits per heavy atom. The Labute approximate surface area is 513 Å². The second kappa shape index (κ2) is 29.7. The molecule has 0 atom stereocenters. The Morgan fingerprint density at radius 1 is 0.523 bits per heavy atom. The molecular formula is C55H60BrN17O10S3. The molecule has 0 radical (unpaired) electrons. The smallest absolute Gasteiger partial charge is 0.229 e. The number of nitrogens with one attached hydrogen (secondary N) is 1. The summed E-state index contributed by atoms with van der Waals surface area (Å²) >= 11 is 7.70. The van der Waals surface area contributed by atoms with E-state index in [9.17, 15) is 19.2 Å². The van der Waals surface area contributed by atoms with Crippen molar-refractivity contribution in [2.24, 2.45) is 0 Å². The van der Waals surface area contributed by atoms with Crippen molar-refractivity contribution in [3.05, 3.63) is 80.2 Å². The minimum Gasteiger partial charge on any atom is -0.497 e. The third kappa shape index (κ3) is 14.9. The SMILES string of the molecule is C=Cn1c(Sc2cc(OC)ccc2OC)nc2c(N)ncnc21.COc1ccc(OC)c(Sc2nc3c(N)ncnc3n2CCBr)c1.COc1ccc(OC)c(Sc2nc3c(N)ncnc3n2CCN2C(=O)CCCC2=O)c1.O=C1CCCC(=O)N1. The number of nitrogens with zero attached hydrogens (tertiary/aromatic N) is 13. The number of nitrogens with two attached hydrogens (primary N) is 3. The Bertz CT molecular complexity index is 3910. The summed E-state index contributed by atoms with van der Waals surface area (Å²) in [4.78, 5) is 87.6. The van der Waals surface area contributed by atoms with Gasteiger partial charge in [-0.05, 0) is 103 Å². The summed E-state index contributed by atoms with van der Waals surface area (Å²) in [7, 11) is 9.68. The van der Waals surface area contributed by atoms with Crippen LogP contribution in [0.15, 0.2) is 110 Å². The van der Waals surface area contributed by atoms with Crippen LogP contribution in [-0.4, -0.2) is 142 Å². The number of hydrogen-bond acceptors (Lipinski definition) is 25. The molecule has 0 bridgehead atoms. The third-order valence-electron chi connectivity index (χ3n) is 12.7. The minimum atomic E-state index is -0.154. The van der Waals surface area contributed by atoms with Crippen LogP contribution in [0.4, 0.5) is 17.5 Å². The highest BCUT2D eigenvalue weighted by molar-refractivity contribution is 9.09. The van der Waals surface area contributed by atoms with Crippen LogP contribution in [0, 0.1) is 0 Å². The van der Waals surface area contributed by atoms with Crippen molar-refractivity contribution in [3.8, 4) is 34.5 Å². The average molecular weight is 1300 g/mol. The topological polar surface area (TPSA) is 348 Å².